The number of nitrogens with one attached hydrogen (secondary N) is 1. The van der Waals surface area contributed by atoms with Gasteiger partial charge < -0.3 is 19.5 Å². The molecule has 1 aromatic rings. The minimum Gasteiger partial charge on any atom is -0.378 e. The number of methoxy groups -OCH3 is 1. The summed E-state index contributed by atoms with van der Waals surface area (Å²) in [7, 11) is 1.88. The monoisotopic (exact) mass is 385 g/mol. The van der Waals surface area contributed by atoms with Crippen LogP contribution in [0.1, 0.15) is 75.2 Å². The molecule has 0 aromatic carbocycles. The largest absolute Gasteiger partial charge is 0.378 e. The highest BCUT2D eigenvalue weighted by molar-refractivity contribution is 5.75. The van der Waals surface area contributed by atoms with Crippen LogP contribution in [0, 0.1) is 17.8 Å². The molecule has 1 heterocycles. The number of urea groups is 1. The normalized spacial score (nSPS) is 38.6. The molecule has 4 bridgehead atoms. The van der Waals surface area contributed by atoms with Crippen LogP contribution >= 0.6 is 0 Å². The molecule has 6 heteroatoms. The molecule has 6 aliphatic rings. The highest BCUT2D eigenvalue weighted by atomic mass is 16.5. The molecular weight excluding hydrogens is 354 g/mol. The molecular formula is C22H31N3O3. The van der Waals surface area contributed by atoms with Crippen molar-refractivity contribution in [1.82, 2.24) is 15.4 Å². The van der Waals surface area contributed by atoms with Crippen LogP contribution in [-0.2, 0) is 11.3 Å². The second-order valence-corrected chi connectivity index (χ2v) is 10.2. The molecule has 6 fully saturated rings. The van der Waals surface area contributed by atoms with Gasteiger partial charge in [-0.05, 0) is 75.5 Å². The molecule has 6 nitrogen and oxygen atoms in total. The lowest BCUT2D eigenvalue weighted by Crippen LogP contribution is -2.63. The molecule has 1 N–H and O–H groups in total. The number of ether oxygens (including phenoxy) is 1. The van der Waals surface area contributed by atoms with Gasteiger partial charge in [-0.15, -0.1) is 0 Å². The topological polar surface area (TPSA) is 67.6 Å². The average Bonchev–Trinajstić information content (AvgIpc) is 3.61. The third-order valence-electron chi connectivity index (χ3n) is 8.08. The van der Waals surface area contributed by atoms with Crippen LogP contribution < -0.4 is 5.32 Å². The number of hydrogen-bond acceptors (Lipinski definition) is 4. The molecule has 7 rings (SSSR count). The quantitative estimate of drug-likeness (QED) is 0.808. The van der Waals surface area contributed by atoms with Crippen LogP contribution in [-0.4, -0.2) is 40.9 Å². The average molecular weight is 386 g/mol. The van der Waals surface area contributed by atoms with Gasteiger partial charge in [0.05, 0.1) is 12.1 Å². The Morgan fingerprint density at radius 3 is 2.64 bits per heavy atom. The fourth-order valence-corrected chi connectivity index (χ4v) is 6.55. The van der Waals surface area contributed by atoms with Crippen molar-refractivity contribution in [3.05, 3.63) is 17.5 Å². The Labute approximate surface area is 166 Å². The van der Waals surface area contributed by atoms with E-state index in [1.165, 1.54) is 32.1 Å². The summed E-state index contributed by atoms with van der Waals surface area (Å²) in [4.78, 5) is 15.3. The SMILES string of the molecule is COC12CC3CC(C1)C(NC(=O)N(Cc1cc(C4CC4)on1)C1CC1)C(C3)C2. The van der Waals surface area contributed by atoms with Crippen molar-refractivity contribution >= 4 is 6.03 Å². The second kappa shape index (κ2) is 6.22. The highest BCUT2D eigenvalue weighted by Gasteiger charge is 2.56. The zero-order valence-electron chi connectivity index (χ0n) is 16.7. The van der Waals surface area contributed by atoms with Gasteiger partial charge >= 0.3 is 6.03 Å². The maximum Gasteiger partial charge on any atom is 0.318 e. The summed E-state index contributed by atoms with van der Waals surface area (Å²) in [6, 6.07) is 2.84. The molecule has 2 atom stereocenters. The Morgan fingerprint density at radius 2 is 2.00 bits per heavy atom. The summed E-state index contributed by atoms with van der Waals surface area (Å²) >= 11 is 0. The first-order chi connectivity index (χ1) is 13.6. The third-order valence-corrected chi connectivity index (χ3v) is 8.08. The first-order valence-corrected chi connectivity index (χ1v) is 11.2. The Hall–Kier alpha value is -1.56. The van der Waals surface area contributed by atoms with Crippen LogP contribution in [0.3, 0.4) is 0 Å². The van der Waals surface area contributed by atoms with Crippen molar-refractivity contribution < 1.29 is 14.1 Å². The Balaban J connectivity index is 1.15. The molecule has 2 amide bonds. The van der Waals surface area contributed by atoms with Crippen LogP contribution in [0.2, 0.25) is 0 Å². The predicted molar refractivity (Wildman–Crippen MR) is 103 cm³/mol. The maximum absolute atomic E-state index is 13.2. The van der Waals surface area contributed by atoms with Gasteiger partial charge in [0.15, 0.2) is 0 Å². The smallest absolute Gasteiger partial charge is 0.318 e. The molecule has 0 spiro atoms. The van der Waals surface area contributed by atoms with E-state index < -0.39 is 0 Å². The van der Waals surface area contributed by atoms with E-state index in [2.05, 4.69) is 16.5 Å². The molecule has 6 saturated carbocycles. The molecule has 0 aliphatic heterocycles. The summed E-state index contributed by atoms with van der Waals surface area (Å²) in [5.41, 5.74) is 0.987. The lowest BCUT2D eigenvalue weighted by Gasteiger charge is -2.59. The second-order valence-electron chi connectivity index (χ2n) is 10.2. The van der Waals surface area contributed by atoms with Gasteiger partial charge in [0.2, 0.25) is 0 Å². The fraction of sp³-hybridized carbons (Fsp3) is 0.818. The number of hydrogen-bond donors (Lipinski definition) is 1. The van der Waals surface area contributed by atoms with E-state index in [1.54, 1.807) is 0 Å². The standard InChI is InChI=1S/C22H31N3O3/c1-27-22-9-13-6-15(10-22)20(16(7-13)11-22)23-21(26)25(18-4-5-18)12-17-8-19(28-24-17)14-2-3-14/h8,13-16,18,20H,2-7,9-12H2,1H3,(H,23,26). The number of carbonyl (C=O) groups is 1. The first-order valence-electron chi connectivity index (χ1n) is 11.2. The molecule has 2 unspecified atom stereocenters. The lowest BCUT2D eigenvalue weighted by atomic mass is 9.52. The van der Waals surface area contributed by atoms with Crippen LogP contribution in [0.25, 0.3) is 0 Å². The van der Waals surface area contributed by atoms with E-state index >= 15 is 0 Å². The predicted octanol–water partition coefficient (Wildman–Crippen LogP) is 3.82. The van der Waals surface area contributed by atoms with E-state index in [0.29, 0.717) is 36.4 Å². The van der Waals surface area contributed by atoms with E-state index in [-0.39, 0.29) is 11.6 Å². The zero-order chi connectivity index (χ0) is 18.9. The van der Waals surface area contributed by atoms with Crippen molar-refractivity contribution in [2.75, 3.05) is 7.11 Å². The number of aromatic nitrogens is 1. The van der Waals surface area contributed by atoms with Crippen molar-refractivity contribution in [2.24, 2.45) is 17.8 Å². The summed E-state index contributed by atoms with van der Waals surface area (Å²) in [6.07, 6.45) is 10.6. The van der Waals surface area contributed by atoms with Crippen molar-refractivity contribution in [3.63, 3.8) is 0 Å². The van der Waals surface area contributed by atoms with E-state index in [1.807, 2.05) is 12.0 Å². The van der Waals surface area contributed by atoms with Gasteiger partial charge in [0, 0.05) is 31.2 Å². The van der Waals surface area contributed by atoms with Gasteiger partial charge in [0.25, 0.3) is 0 Å². The number of rotatable bonds is 6. The minimum absolute atomic E-state index is 0.0911. The molecule has 0 saturated heterocycles. The molecule has 0 radical (unpaired) electrons. The van der Waals surface area contributed by atoms with Gasteiger partial charge in [0.1, 0.15) is 11.5 Å². The lowest BCUT2D eigenvalue weighted by molar-refractivity contribution is -0.156. The number of carbonyl (C=O) groups excluding carboxylic acids is 1. The molecule has 28 heavy (non-hydrogen) atoms. The molecule has 6 aliphatic carbocycles. The van der Waals surface area contributed by atoms with Crippen LogP contribution in [0.5, 0.6) is 0 Å². The summed E-state index contributed by atoms with van der Waals surface area (Å²) < 4.78 is 11.5. The summed E-state index contributed by atoms with van der Waals surface area (Å²) in [5.74, 6) is 3.50. The van der Waals surface area contributed by atoms with Crippen LogP contribution in [0.15, 0.2) is 10.6 Å². The highest BCUT2D eigenvalue weighted by Crippen LogP contribution is 2.57. The summed E-state index contributed by atoms with van der Waals surface area (Å²) in [5, 5.41) is 7.70. The van der Waals surface area contributed by atoms with Crippen LogP contribution in [0.4, 0.5) is 4.79 Å². The Morgan fingerprint density at radius 1 is 1.25 bits per heavy atom. The van der Waals surface area contributed by atoms with Crippen molar-refractivity contribution in [2.45, 2.75) is 87.9 Å². The maximum atomic E-state index is 13.2. The molecule has 1 aromatic heterocycles. The van der Waals surface area contributed by atoms with Gasteiger partial charge in [-0.1, -0.05) is 5.16 Å². The van der Waals surface area contributed by atoms with E-state index in [4.69, 9.17) is 9.26 Å². The fourth-order valence-electron chi connectivity index (χ4n) is 6.55. The summed E-state index contributed by atoms with van der Waals surface area (Å²) in [6.45, 7) is 0.569. The Bertz CT molecular complexity index is 753. The van der Waals surface area contributed by atoms with Gasteiger partial charge in [-0.25, -0.2) is 4.79 Å². The first kappa shape index (κ1) is 17.3. The van der Waals surface area contributed by atoms with Gasteiger partial charge in [-0.2, -0.15) is 0 Å². The number of amides is 2. The zero-order valence-corrected chi connectivity index (χ0v) is 16.7. The number of nitrogens with zero attached hydrogens (tertiary/aromatic N) is 2. The Kier molecular flexibility index (Phi) is 3.84. The minimum atomic E-state index is 0.0911. The molecule has 152 valence electrons. The van der Waals surface area contributed by atoms with Crippen molar-refractivity contribution in [3.8, 4) is 0 Å². The van der Waals surface area contributed by atoms with Gasteiger partial charge in [-0.3, -0.25) is 0 Å². The third kappa shape index (κ3) is 2.95. The van der Waals surface area contributed by atoms with E-state index in [0.717, 1.165) is 43.1 Å². The van der Waals surface area contributed by atoms with E-state index in [9.17, 15) is 4.79 Å². The van der Waals surface area contributed by atoms with Crippen molar-refractivity contribution in [1.29, 1.82) is 0 Å².